The van der Waals surface area contributed by atoms with Crippen LogP contribution in [0.25, 0.3) is 21.0 Å². The van der Waals surface area contributed by atoms with Gasteiger partial charge in [0, 0.05) is 12.1 Å². The summed E-state index contributed by atoms with van der Waals surface area (Å²) in [5, 5.41) is 10.5. The maximum Gasteiger partial charge on any atom is 0.207 e. The minimum atomic E-state index is 0.314. The Labute approximate surface area is 371 Å². The number of unbranched alkanes of at least 4 members (excludes halogenated alkanes) is 2. The molecule has 8 heteroatoms. The number of methoxy groups -OCH3 is 1. The lowest BCUT2D eigenvalue weighted by molar-refractivity contribution is 0.199. The first-order valence-corrected chi connectivity index (χ1v) is 22.7. The Balaban J connectivity index is 1.06. The number of thiazole rings is 1. The van der Waals surface area contributed by atoms with Crippen molar-refractivity contribution in [3.05, 3.63) is 173 Å². The van der Waals surface area contributed by atoms with Crippen LogP contribution in [-0.4, -0.2) is 31.5 Å². The highest BCUT2D eigenvalue weighted by Crippen LogP contribution is 2.32. The van der Waals surface area contributed by atoms with Crippen molar-refractivity contribution in [2.24, 2.45) is 11.0 Å². The fourth-order valence-corrected chi connectivity index (χ4v) is 8.35. The Bertz CT molecular complexity index is 2530. The Hall–Kier alpha value is -6.12. The Morgan fingerprint density at radius 1 is 0.726 bits per heavy atom. The number of anilines is 1. The van der Waals surface area contributed by atoms with Crippen molar-refractivity contribution < 1.29 is 18.9 Å². The number of aryl methyl sites for hydroxylation is 4. The number of para-hydroxylation sites is 1. The van der Waals surface area contributed by atoms with Crippen LogP contribution in [0.2, 0.25) is 0 Å². The van der Waals surface area contributed by atoms with E-state index >= 15 is 0 Å². The maximum absolute atomic E-state index is 6.47. The largest absolute Gasteiger partial charge is 0.502 e. The molecule has 6 aromatic carbocycles. The predicted molar refractivity (Wildman–Crippen MR) is 258 cm³/mol. The molecule has 0 amide bonds. The van der Waals surface area contributed by atoms with Crippen molar-refractivity contribution in [1.82, 2.24) is 4.98 Å². The van der Waals surface area contributed by atoms with E-state index in [2.05, 4.69) is 124 Å². The smallest absolute Gasteiger partial charge is 0.207 e. The molecule has 1 unspecified atom stereocenters. The summed E-state index contributed by atoms with van der Waals surface area (Å²) in [6.07, 6.45) is 10.8. The van der Waals surface area contributed by atoms with Crippen molar-refractivity contribution in [3.8, 4) is 17.2 Å². The number of fused-ring (bicyclic) bond motifs is 2. The zero-order valence-electron chi connectivity index (χ0n) is 36.6. The molecule has 0 bridgehead atoms. The quantitative estimate of drug-likeness (QED) is 0.0277. The van der Waals surface area contributed by atoms with Crippen molar-refractivity contribution in [1.29, 1.82) is 0 Å². The Kier molecular flexibility index (Phi) is 15.7. The highest BCUT2D eigenvalue weighted by atomic mass is 32.1. The van der Waals surface area contributed by atoms with E-state index in [4.69, 9.17) is 29.0 Å². The van der Waals surface area contributed by atoms with Gasteiger partial charge in [0.25, 0.3) is 0 Å². The summed E-state index contributed by atoms with van der Waals surface area (Å²) in [6, 6.07) is 42.8. The van der Waals surface area contributed by atoms with Crippen LogP contribution in [0.1, 0.15) is 78.5 Å². The summed E-state index contributed by atoms with van der Waals surface area (Å²) in [6.45, 7) is 12.4. The summed E-state index contributed by atoms with van der Waals surface area (Å²) < 4.78 is 25.3. The van der Waals surface area contributed by atoms with Gasteiger partial charge in [0.1, 0.15) is 19.0 Å². The summed E-state index contributed by atoms with van der Waals surface area (Å²) in [5.41, 5.74) is 9.09. The van der Waals surface area contributed by atoms with Crippen LogP contribution in [-0.2, 0) is 37.2 Å². The lowest BCUT2D eigenvalue weighted by Gasteiger charge is -2.19. The highest BCUT2D eigenvalue weighted by Gasteiger charge is 2.15. The first-order chi connectivity index (χ1) is 30.4. The summed E-state index contributed by atoms with van der Waals surface area (Å²) in [7, 11) is 1.70. The van der Waals surface area contributed by atoms with Gasteiger partial charge in [-0.05, 0) is 126 Å². The predicted octanol–water partition coefficient (Wildman–Crippen LogP) is 13.5. The number of nitrogens with zero attached hydrogens (tertiary/aromatic N) is 3. The average Bonchev–Trinajstić information content (AvgIpc) is 3.74. The topological polar surface area (TPSA) is 65.4 Å². The molecule has 0 saturated heterocycles. The molecule has 1 aromatic heterocycles. The third-order valence-corrected chi connectivity index (χ3v) is 12.2. The van der Waals surface area contributed by atoms with Crippen LogP contribution in [0, 0.1) is 12.8 Å². The highest BCUT2D eigenvalue weighted by molar-refractivity contribution is 7.22. The lowest BCUT2D eigenvalue weighted by atomic mass is 10.0. The number of hydrogen-bond acceptors (Lipinski definition) is 8. The molecular weight excluding hydrogens is 787 g/mol. The number of rotatable bonds is 23. The molecule has 0 radical (unpaired) electrons. The van der Waals surface area contributed by atoms with Gasteiger partial charge in [-0.25, -0.2) is 9.99 Å². The van der Waals surface area contributed by atoms with Crippen molar-refractivity contribution in [2.75, 3.05) is 25.3 Å². The average molecular weight is 846 g/mol. The van der Waals surface area contributed by atoms with E-state index in [9.17, 15) is 0 Å². The van der Waals surface area contributed by atoms with E-state index in [0.717, 1.165) is 75.0 Å². The van der Waals surface area contributed by atoms with Crippen LogP contribution in [0.5, 0.6) is 17.2 Å². The molecule has 0 aliphatic heterocycles. The van der Waals surface area contributed by atoms with Crippen LogP contribution in [0.15, 0.2) is 139 Å². The molecule has 7 aromatic rings. The van der Waals surface area contributed by atoms with Crippen LogP contribution in [0.4, 0.5) is 5.13 Å². The molecule has 1 heterocycles. The minimum absolute atomic E-state index is 0.314. The second-order valence-electron chi connectivity index (χ2n) is 16.1. The number of ether oxygens (including phenoxy) is 4. The molecule has 0 saturated carbocycles. The standard InChI is InChI=1S/C54H59N3O4S/c1-6-8-9-12-41-21-25-47-33-45(22-26-46(47)31-41)38-61-51-28-24-43(34-52(51)58-5)20-19-42-23-27-50(60-37-44-17-15-39(3)16-18-44)48(32-42)35-55-57(30-29-40(4)36-59-7-2)54-56-49-13-10-11-14-53(49)62-54/h7,10-11,13-18,21-28,31-35,40H,2,6,8-9,12,19-20,29-30,36-38H2,1,3-5H3/b55-35+. The second kappa shape index (κ2) is 22.1. The molecule has 0 aliphatic carbocycles. The molecule has 7 rings (SSSR count). The van der Waals surface area contributed by atoms with Gasteiger partial charge in [-0.15, -0.1) is 0 Å². The first-order valence-electron chi connectivity index (χ1n) is 21.9. The third-order valence-electron chi connectivity index (χ3n) is 11.1. The van der Waals surface area contributed by atoms with Crippen LogP contribution >= 0.6 is 11.3 Å². The molecule has 0 aliphatic rings. The number of benzene rings is 6. The van der Waals surface area contributed by atoms with E-state index in [0.29, 0.717) is 32.3 Å². The number of aromatic nitrogens is 1. The minimum Gasteiger partial charge on any atom is -0.502 e. The molecular formula is C54H59N3O4S. The zero-order valence-corrected chi connectivity index (χ0v) is 37.5. The second-order valence-corrected chi connectivity index (χ2v) is 17.1. The fourth-order valence-electron chi connectivity index (χ4n) is 7.40. The monoisotopic (exact) mass is 845 g/mol. The maximum atomic E-state index is 6.47. The SMILES string of the molecule is C=COCC(C)CCN(/N=C/c1cc(CCc2ccc(OCc3ccc4cc(CCCCC)ccc4c3)c(OC)c2)ccc1OCc1ccc(C)cc1)c1nc2ccccc2s1. The van der Waals surface area contributed by atoms with Gasteiger partial charge < -0.3 is 18.9 Å². The Morgan fingerprint density at radius 2 is 1.39 bits per heavy atom. The van der Waals surface area contributed by atoms with E-state index in [-0.39, 0.29) is 0 Å². The summed E-state index contributed by atoms with van der Waals surface area (Å²) >= 11 is 1.64. The molecule has 0 spiro atoms. The third kappa shape index (κ3) is 12.3. The lowest BCUT2D eigenvalue weighted by Crippen LogP contribution is -2.21. The van der Waals surface area contributed by atoms with Crippen LogP contribution < -0.4 is 19.2 Å². The van der Waals surface area contributed by atoms with Gasteiger partial charge in [-0.1, -0.05) is 129 Å². The number of hydrogen-bond donors (Lipinski definition) is 0. The van der Waals surface area contributed by atoms with Crippen molar-refractivity contribution in [2.45, 2.75) is 78.9 Å². The molecule has 7 nitrogen and oxygen atoms in total. The van der Waals surface area contributed by atoms with Gasteiger partial charge >= 0.3 is 0 Å². The van der Waals surface area contributed by atoms with Gasteiger partial charge in [0.05, 0.1) is 36.4 Å². The molecule has 0 N–H and O–H groups in total. The molecule has 62 heavy (non-hydrogen) atoms. The summed E-state index contributed by atoms with van der Waals surface area (Å²) in [4.78, 5) is 4.95. The van der Waals surface area contributed by atoms with Crippen LogP contribution in [0.3, 0.4) is 0 Å². The zero-order chi connectivity index (χ0) is 43.1. The van der Waals surface area contributed by atoms with Gasteiger partial charge in [-0.3, -0.25) is 0 Å². The molecule has 1 atom stereocenters. The van der Waals surface area contributed by atoms with Gasteiger partial charge in [-0.2, -0.15) is 5.10 Å². The van der Waals surface area contributed by atoms with E-state index < -0.39 is 0 Å². The van der Waals surface area contributed by atoms with Gasteiger partial charge in [0.15, 0.2) is 11.5 Å². The Morgan fingerprint density at radius 3 is 2.15 bits per heavy atom. The van der Waals surface area contributed by atoms with E-state index in [1.807, 2.05) is 35.5 Å². The van der Waals surface area contributed by atoms with E-state index in [1.54, 1.807) is 18.4 Å². The van der Waals surface area contributed by atoms with E-state index in [1.165, 1.54) is 58.6 Å². The van der Waals surface area contributed by atoms with Crippen molar-refractivity contribution in [3.63, 3.8) is 0 Å². The fraction of sp³-hybridized carbons (Fsp3) is 0.296. The normalized spacial score (nSPS) is 11.9. The number of hydrazone groups is 1. The van der Waals surface area contributed by atoms with Gasteiger partial charge in [0.2, 0.25) is 5.13 Å². The summed E-state index contributed by atoms with van der Waals surface area (Å²) in [5.74, 6) is 2.55. The van der Waals surface area contributed by atoms with Crippen molar-refractivity contribution >= 4 is 43.7 Å². The first kappa shape index (κ1) is 44.0. The molecule has 320 valence electrons. The molecule has 0 fully saturated rings.